The highest BCUT2D eigenvalue weighted by molar-refractivity contribution is 5.84. The fraction of sp³-hybridized carbons (Fsp3) is 0.444. The zero-order valence-corrected chi connectivity index (χ0v) is 20.3. The van der Waals surface area contributed by atoms with Crippen LogP contribution in [0.3, 0.4) is 0 Å². The van der Waals surface area contributed by atoms with Crippen LogP contribution in [0.2, 0.25) is 0 Å². The molecule has 0 heterocycles. The molecule has 7 heteroatoms. The lowest BCUT2D eigenvalue weighted by Gasteiger charge is -2.25. The molecule has 0 radical (unpaired) electrons. The van der Waals surface area contributed by atoms with Gasteiger partial charge in [0.2, 0.25) is 5.91 Å². The van der Waals surface area contributed by atoms with Crippen LogP contribution in [0.4, 0.5) is 4.79 Å². The number of carbonyl (C=O) groups is 3. The van der Waals surface area contributed by atoms with Gasteiger partial charge in [-0.15, -0.1) is 0 Å². The molecule has 2 aromatic rings. The number of aliphatic carboxylic acids is 1. The highest BCUT2D eigenvalue weighted by Gasteiger charge is 2.30. The Morgan fingerprint density at radius 2 is 1.53 bits per heavy atom. The molecule has 2 aromatic carbocycles. The van der Waals surface area contributed by atoms with Crippen LogP contribution in [0.25, 0.3) is 11.1 Å². The Balaban J connectivity index is 1.56. The number of ether oxygens (including phenoxy) is 1. The maximum Gasteiger partial charge on any atom is 0.407 e. The summed E-state index contributed by atoms with van der Waals surface area (Å²) in [6.45, 7) is 7.80. The summed E-state index contributed by atoms with van der Waals surface area (Å²) >= 11 is 0. The molecular formula is C27H34N2O5. The normalized spacial score (nSPS) is 14.5. The van der Waals surface area contributed by atoms with Crippen molar-refractivity contribution in [2.75, 3.05) is 6.61 Å². The van der Waals surface area contributed by atoms with Crippen molar-refractivity contribution >= 4 is 18.0 Å². The monoisotopic (exact) mass is 466 g/mol. The number of fused-ring (bicyclic) bond motifs is 3. The third-order valence-electron chi connectivity index (χ3n) is 6.04. The Bertz CT molecular complexity index is 998. The van der Waals surface area contributed by atoms with Gasteiger partial charge in [-0.05, 0) is 40.5 Å². The van der Waals surface area contributed by atoms with E-state index in [2.05, 4.69) is 34.9 Å². The summed E-state index contributed by atoms with van der Waals surface area (Å²) < 4.78 is 5.56. The van der Waals surface area contributed by atoms with Gasteiger partial charge in [-0.25, -0.2) is 9.59 Å². The quantitative estimate of drug-likeness (QED) is 0.497. The first-order valence-corrected chi connectivity index (χ1v) is 11.7. The van der Waals surface area contributed by atoms with Crippen LogP contribution in [0.1, 0.15) is 64.0 Å². The summed E-state index contributed by atoms with van der Waals surface area (Å²) in [5.74, 6) is -1.53. The third kappa shape index (κ3) is 6.37. The lowest BCUT2D eigenvalue weighted by atomic mass is 9.88. The molecule has 0 bridgehead atoms. The van der Waals surface area contributed by atoms with Crippen molar-refractivity contribution < 1.29 is 24.2 Å². The topological polar surface area (TPSA) is 105 Å². The summed E-state index contributed by atoms with van der Waals surface area (Å²) in [7, 11) is 0. The van der Waals surface area contributed by atoms with E-state index in [1.165, 1.54) is 0 Å². The van der Waals surface area contributed by atoms with E-state index >= 15 is 0 Å². The number of carboxylic acids is 1. The Morgan fingerprint density at radius 1 is 0.971 bits per heavy atom. The summed E-state index contributed by atoms with van der Waals surface area (Å²) in [5.41, 5.74) is 4.31. The molecule has 1 aliphatic carbocycles. The molecule has 0 saturated heterocycles. The lowest BCUT2D eigenvalue weighted by Crippen LogP contribution is -2.46. The summed E-state index contributed by atoms with van der Waals surface area (Å²) in [6, 6.07) is 14.8. The van der Waals surface area contributed by atoms with E-state index in [9.17, 15) is 19.5 Å². The van der Waals surface area contributed by atoms with E-state index in [0.29, 0.717) is 12.8 Å². The second-order valence-electron chi connectivity index (χ2n) is 10.0. The van der Waals surface area contributed by atoms with Crippen molar-refractivity contribution in [3.63, 3.8) is 0 Å². The minimum absolute atomic E-state index is 0.0192. The third-order valence-corrected chi connectivity index (χ3v) is 6.04. The van der Waals surface area contributed by atoms with Gasteiger partial charge >= 0.3 is 12.1 Å². The fourth-order valence-corrected chi connectivity index (χ4v) is 4.39. The van der Waals surface area contributed by atoms with E-state index in [0.717, 1.165) is 22.3 Å². The van der Waals surface area contributed by atoms with Crippen molar-refractivity contribution in [3.05, 3.63) is 59.7 Å². The lowest BCUT2D eigenvalue weighted by molar-refractivity contribution is -0.142. The van der Waals surface area contributed by atoms with E-state index in [1.54, 1.807) is 0 Å². The van der Waals surface area contributed by atoms with Crippen molar-refractivity contribution in [1.82, 2.24) is 10.6 Å². The Morgan fingerprint density at radius 3 is 2.03 bits per heavy atom. The molecular weight excluding hydrogens is 432 g/mol. The Kier molecular flexibility index (Phi) is 7.97. The molecule has 1 unspecified atom stereocenters. The molecule has 0 aliphatic heterocycles. The van der Waals surface area contributed by atoms with Gasteiger partial charge in [0.1, 0.15) is 12.6 Å². The van der Waals surface area contributed by atoms with Gasteiger partial charge in [0.25, 0.3) is 0 Å². The van der Waals surface area contributed by atoms with Crippen LogP contribution in [0.5, 0.6) is 0 Å². The molecule has 2 atom stereocenters. The highest BCUT2D eigenvalue weighted by atomic mass is 16.5. The van der Waals surface area contributed by atoms with E-state index < -0.39 is 30.1 Å². The zero-order valence-electron chi connectivity index (χ0n) is 20.3. The molecule has 7 nitrogen and oxygen atoms in total. The van der Waals surface area contributed by atoms with Crippen LogP contribution in [0, 0.1) is 5.41 Å². The van der Waals surface area contributed by atoms with Crippen LogP contribution < -0.4 is 10.6 Å². The number of carbonyl (C=O) groups excluding carboxylic acids is 2. The van der Waals surface area contributed by atoms with Crippen LogP contribution >= 0.6 is 0 Å². The van der Waals surface area contributed by atoms with Gasteiger partial charge in [0.05, 0.1) is 0 Å². The van der Waals surface area contributed by atoms with Crippen LogP contribution in [-0.4, -0.2) is 41.8 Å². The number of rotatable bonds is 9. The van der Waals surface area contributed by atoms with E-state index in [-0.39, 0.29) is 24.4 Å². The molecule has 3 N–H and O–H groups in total. The predicted molar refractivity (Wildman–Crippen MR) is 131 cm³/mol. The number of benzene rings is 2. The minimum atomic E-state index is -1.07. The Hall–Kier alpha value is -3.35. The highest BCUT2D eigenvalue weighted by Crippen LogP contribution is 2.44. The SMILES string of the molecule is CC[C@H](CC(=O)NC(CC(C)(C)C)C(=O)O)NC(=O)OCC1c2ccccc2-c2ccccc21. The number of hydrogen-bond acceptors (Lipinski definition) is 4. The average Bonchev–Trinajstić information content (AvgIpc) is 3.09. The van der Waals surface area contributed by atoms with Crippen LogP contribution in [0.15, 0.2) is 48.5 Å². The molecule has 1 aliphatic rings. The molecule has 0 aromatic heterocycles. The van der Waals surface area contributed by atoms with Gasteiger partial charge in [0, 0.05) is 18.4 Å². The summed E-state index contributed by atoms with van der Waals surface area (Å²) in [6.07, 6.45) is 0.208. The second-order valence-corrected chi connectivity index (χ2v) is 10.0. The van der Waals surface area contributed by atoms with Crippen LogP contribution in [-0.2, 0) is 14.3 Å². The zero-order chi connectivity index (χ0) is 24.9. The number of carboxylic acid groups (broad SMARTS) is 1. The number of nitrogens with one attached hydrogen (secondary N) is 2. The molecule has 34 heavy (non-hydrogen) atoms. The summed E-state index contributed by atoms with van der Waals surface area (Å²) in [4.78, 5) is 36.5. The van der Waals surface area contributed by atoms with Crippen molar-refractivity contribution in [1.29, 1.82) is 0 Å². The largest absolute Gasteiger partial charge is 0.480 e. The van der Waals surface area contributed by atoms with Crippen molar-refractivity contribution in [2.24, 2.45) is 5.41 Å². The van der Waals surface area contributed by atoms with Crippen molar-refractivity contribution in [2.45, 2.75) is 65.0 Å². The first-order chi connectivity index (χ1) is 16.1. The standard InChI is InChI=1S/C27H34N2O5/c1-5-17(14-24(30)29-23(25(31)32)15-27(2,3)4)28-26(33)34-16-22-20-12-8-6-10-18(20)19-11-7-9-13-21(19)22/h6-13,17,22-23H,5,14-16H2,1-4H3,(H,28,33)(H,29,30)(H,31,32)/t17-,23?/m1/s1. The summed E-state index contributed by atoms with van der Waals surface area (Å²) in [5, 5.41) is 14.8. The number of alkyl carbamates (subject to hydrolysis) is 1. The van der Waals surface area contributed by atoms with Gasteiger partial charge < -0.3 is 20.5 Å². The molecule has 0 saturated carbocycles. The molecule has 0 spiro atoms. The van der Waals surface area contributed by atoms with Gasteiger partial charge in [-0.3, -0.25) is 4.79 Å². The van der Waals surface area contributed by atoms with E-state index in [1.807, 2.05) is 52.0 Å². The molecule has 0 fully saturated rings. The number of amides is 2. The minimum Gasteiger partial charge on any atom is -0.480 e. The van der Waals surface area contributed by atoms with Gasteiger partial charge in [-0.1, -0.05) is 76.2 Å². The maximum atomic E-state index is 12.5. The first-order valence-electron chi connectivity index (χ1n) is 11.7. The predicted octanol–water partition coefficient (Wildman–Crippen LogP) is 4.70. The van der Waals surface area contributed by atoms with Gasteiger partial charge in [-0.2, -0.15) is 0 Å². The van der Waals surface area contributed by atoms with Gasteiger partial charge in [0.15, 0.2) is 0 Å². The molecule has 182 valence electrons. The molecule has 2 amide bonds. The Labute approximate surface area is 200 Å². The van der Waals surface area contributed by atoms with E-state index in [4.69, 9.17) is 4.74 Å². The number of hydrogen-bond donors (Lipinski definition) is 3. The average molecular weight is 467 g/mol. The first kappa shape index (κ1) is 25.3. The smallest absolute Gasteiger partial charge is 0.407 e. The fourth-order valence-electron chi connectivity index (χ4n) is 4.39. The molecule has 3 rings (SSSR count). The van der Waals surface area contributed by atoms with Crippen molar-refractivity contribution in [3.8, 4) is 11.1 Å². The second kappa shape index (κ2) is 10.7. The maximum absolute atomic E-state index is 12.5.